The highest BCUT2D eigenvalue weighted by Gasteiger charge is 2.29. The van der Waals surface area contributed by atoms with Crippen LogP contribution in [-0.4, -0.2) is 41.0 Å². The molecule has 1 rings (SSSR count). The van der Waals surface area contributed by atoms with Crippen LogP contribution in [-0.2, 0) is 20.8 Å². The lowest BCUT2D eigenvalue weighted by Crippen LogP contribution is -2.55. The Labute approximate surface area is 141 Å². The molecule has 2 amide bonds. The summed E-state index contributed by atoms with van der Waals surface area (Å²) in [5.41, 5.74) is 6.38. The molecule has 0 saturated carbocycles. The summed E-state index contributed by atoms with van der Waals surface area (Å²) in [6, 6.07) is 6.46. The zero-order chi connectivity index (χ0) is 18.3. The molecule has 0 saturated heterocycles. The lowest BCUT2D eigenvalue weighted by atomic mass is 10.0. The Morgan fingerprint density at radius 3 is 2.08 bits per heavy atom. The average molecular weight is 335 g/mol. The second-order valence-corrected chi connectivity index (χ2v) is 6.11. The maximum atomic E-state index is 12.5. The van der Waals surface area contributed by atoms with Gasteiger partial charge < -0.3 is 21.5 Å². The van der Waals surface area contributed by atoms with Gasteiger partial charge in [0.2, 0.25) is 11.8 Å². The van der Waals surface area contributed by atoms with Gasteiger partial charge in [0, 0.05) is 6.42 Å². The fourth-order valence-electron chi connectivity index (χ4n) is 2.13. The molecule has 24 heavy (non-hydrogen) atoms. The van der Waals surface area contributed by atoms with Crippen molar-refractivity contribution in [2.24, 2.45) is 11.7 Å². The number of hydrogen-bond acceptors (Lipinski definition) is 4. The van der Waals surface area contributed by atoms with Crippen LogP contribution in [0, 0.1) is 5.92 Å². The van der Waals surface area contributed by atoms with E-state index in [-0.39, 0.29) is 12.3 Å². The van der Waals surface area contributed by atoms with Crippen molar-refractivity contribution in [1.29, 1.82) is 0 Å². The molecule has 7 nitrogen and oxygen atoms in total. The molecule has 0 unspecified atom stereocenters. The molecule has 0 aromatic heterocycles. The lowest BCUT2D eigenvalue weighted by Gasteiger charge is -2.24. The van der Waals surface area contributed by atoms with E-state index >= 15 is 0 Å². The van der Waals surface area contributed by atoms with E-state index in [2.05, 4.69) is 10.6 Å². The van der Waals surface area contributed by atoms with Crippen LogP contribution in [0.5, 0.6) is 0 Å². The monoisotopic (exact) mass is 335 g/mol. The maximum absolute atomic E-state index is 12.5. The molecule has 0 fully saturated rings. The molecule has 3 atom stereocenters. The van der Waals surface area contributed by atoms with Crippen molar-refractivity contribution in [2.45, 2.75) is 45.3 Å². The van der Waals surface area contributed by atoms with E-state index in [0.717, 1.165) is 5.56 Å². The highest BCUT2D eigenvalue weighted by atomic mass is 16.4. The van der Waals surface area contributed by atoms with Crippen LogP contribution in [0.1, 0.15) is 26.3 Å². The number of carboxylic acid groups (broad SMARTS) is 1. The molecule has 0 radical (unpaired) electrons. The summed E-state index contributed by atoms with van der Waals surface area (Å²) in [6.07, 6.45) is 0.246. The van der Waals surface area contributed by atoms with Gasteiger partial charge >= 0.3 is 5.97 Å². The smallest absolute Gasteiger partial charge is 0.326 e. The molecule has 1 aromatic rings. The van der Waals surface area contributed by atoms with Gasteiger partial charge in [0.25, 0.3) is 0 Å². The Kier molecular flexibility index (Phi) is 7.38. The number of carboxylic acids is 1. The number of carbonyl (C=O) groups excluding carboxylic acids is 2. The normalized spacial score (nSPS) is 14.5. The minimum atomic E-state index is -1.12. The van der Waals surface area contributed by atoms with E-state index < -0.39 is 35.9 Å². The van der Waals surface area contributed by atoms with Crippen LogP contribution in [0.2, 0.25) is 0 Å². The van der Waals surface area contributed by atoms with Gasteiger partial charge in [0.15, 0.2) is 0 Å². The van der Waals surface area contributed by atoms with Crippen molar-refractivity contribution in [1.82, 2.24) is 10.6 Å². The third-order valence-corrected chi connectivity index (χ3v) is 3.56. The number of rotatable bonds is 8. The molecule has 0 aliphatic rings. The quantitative estimate of drug-likeness (QED) is 0.544. The minimum absolute atomic E-state index is 0.246. The van der Waals surface area contributed by atoms with Crippen molar-refractivity contribution in [3.63, 3.8) is 0 Å². The van der Waals surface area contributed by atoms with Crippen molar-refractivity contribution in [3.8, 4) is 0 Å². The highest BCUT2D eigenvalue weighted by molar-refractivity contribution is 5.91. The second-order valence-electron chi connectivity index (χ2n) is 6.11. The molecular weight excluding hydrogens is 310 g/mol. The van der Waals surface area contributed by atoms with Gasteiger partial charge in [-0.25, -0.2) is 4.79 Å². The molecular formula is C17H25N3O4. The summed E-state index contributed by atoms with van der Waals surface area (Å²) in [5.74, 6) is -2.42. The summed E-state index contributed by atoms with van der Waals surface area (Å²) < 4.78 is 0. The van der Waals surface area contributed by atoms with Gasteiger partial charge in [-0.1, -0.05) is 44.2 Å². The molecule has 0 bridgehead atoms. The first kappa shape index (κ1) is 19.6. The third-order valence-electron chi connectivity index (χ3n) is 3.56. The Bertz CT molecular complexity index is 572. The zero-order valence-electron chi connectivity index (χ0n) is 14.2. The van der Waals surface area contributed by atoms with Gasteiger partial charge in [-0.15, -0.1) is 0 Å². The lowest BCUT2D eigenvalue weighted by molar-refractivity contribution is -0.143. The fourth-order valence-corrected chi connectivity index (χ4v) is 2.13. The Morgan fingerprint density at radius 1 is 1.04 bits per heavy atom. The maximum Gasteiger partial charge on any atom is 0.326 e. The van der Waals surface area contributed by atoms with Gasteiger partial charge in [-0.2, -0.15) is 0 Å². The van der Waals surface area contributed by atoms with Crippen LogP contribution in [0.4, 0.5) is 0 Å². The Balaban J connectivity index is 2.92. The number of aliphatic carboxylic acids is 1. The molecule has 0 spiro atoms. The van der Waals surface area contributed by atoms with Crippen molar-refractivity contribution in [3.05, 3.63) is 35.9 Å². The van der Waals surface area contributed by atoms with E-state index in [1.54, 1.807) is 13.8 Å². The van der Waals surface area contributed by atoms with Crippen LogP contribution < -0.4 is 16.4 Å². The van der Waals surface area contributed by atoms with E-state index in [0.29, 0.717) is 0 Å². The van der Waals surface area contributed by atoms with E-state index in [9.17, 15) is 19.5 Å². The van der Waals surface area contributed by atoms with Crippen LogP contribution >= 0.6 is 0 Å². The molecule has 1 aromatic carbocycles. The Morgan fingerprint density at radius 2 is 1.62 bits per heavy atom. The molecule has 0 heterocycles. The molecule has 0 aliphatic carbocycles. The second kappa shape index (κ2) is 9.02. The average Bonchev–Trinajstić information content (AvgIpc) is 2.51. The van der Waals surface area contributed by atoms with Gasteiger partial charge in [0.05, 0.1) is 6.04 Å². The predicted molar refractivity (Wildman–Crippen MR) is 90.1 cm³/mol. The number of amides is 2. The summed E-state index contributed by atoms with van der Waals surface area (Å²) >= 11 is 0. The van der Waals surface area contributed by atoms with Crippen LogP contribution in [0.3, 0.4) is 0 Å². The Hall–Kier alpha value is -2.41. The van der Waals surface area contributed by atoms with Crippen LogP contribution in [0.15, 0.2) is 30.3 Å². The van der Waals surface area contributed by atoms with E-state index in [4.69, 9.17) is 5.73 Å². The van der Waals surface area contributed by atoms with Crippen LogP contribution in [0.25, 0.3) is 0 Å². The largest absolute Gasteiger partial charge is 0.480 e. The van der Waals surface area contributed by atoms with E-state index in [1.807, 2.05) is 30.3 Å². The predicted octanol–water partition coefficient (Wildman–Crippen LogP) is 0.287. The van der Waals surface area contributed by atoms with Crippen molar-refractivity contribution in [2.75, 3.05) is 0 Å². The first-order valence-electron chi connectivity index (χ1n) is 7.85. The summed E-state index contributed by atoms with van der Waals surface area (Å²) in [7, 11) is 0. The molecule has 5 N–H and O–H groups in total. The zero-order valence-corrected chi connectivity index (χ0v) is 14.2. The SMILES string of the molecule is CC(C)[C@H](NC(=O)[C@H](Cc1ccccc1)NC(=O)[C@H](C)N)C(=O)O. The summed E-state index contributed by atoms with van der Waals surface area (Å²) in [5, 5.41) is 14.3. The number of carbonyl (C=O) groups is 3. The first-order chi connectivity index (χ1) is 11.2. The van der Waals surface area contributed by atoms with Gasteiger partial charge in [-0.3, -0.25) is 9.59 Å². The highest BCUT2D eigenvalue weighted by Crippen LogP contribution is 2.07. The summed E-state index contributed by atoms with van der Waals surface area (Å²) in [4.78, 5) is 35.6. The third kappa shape index (κ3) is 6.00. The molecule has 0 aliphatic heterocycles. The molecule has 132 valence electrons. The standard InChI is InChI=1S/C17H25N3O4/c1-10(2)14(17(23)24)20-16(22)13(19-15(21)11(3)18)9-12-7-5-4-6-8-12/h4-8,10-11,13-14H,9,18H2,1-3H3,(H,19,21)(H,20,22)(H,23,24)/t11-,13-,14-/m0/s1. The number of hydrogen-bond donors (Lipinski definition) is 4. The summed E-state index contributed by atoms with van der Waals surface area (Å²) in [6.45, 7) is 4.92. The number of benzene rings is 1. The fraction of sp³-hybridized carbons (Fsp3) is 0.471. The van der Waals surface area contributed by atoms with Crippen molar-refractivity contribution >= 4 is 17.8 Å². The topological polar surface area (TPSA) is 122 Å². The molecule has 7 heteroatoms. The minimum Gasteiger partial charge on any atom is -0.480 e. The number of nitrogens with one attached hydrogen (secondary N) is 2. The first-order valence-corrected chi connectivity index (χ1v) is 7.85. The van der Waals surface area contributed by atoms with E-state index in [1.165, 1.54) is 6.92 Å². The van der Waals surface area contributed by atoms with Crippen molar-refractivity contribution < 1.29 is 19.5 Å². The van der Waals surface area contributed by atoms with Gasteiger partial charge in [0.1, 0.15) is 12.1 Å². The van der Waals surface area contributed by atoms with Gasteiger partial charge in [-0.05, 0) is 18.4 Å². The number of nitrogens with two attached hydrogens (primary N) is 1.